The van der Waals surface area contributed by atoms with Crippen LogP contribution in [0.15, 0.2) is 41.6 Å². The Bertz CT molecular complexity index is 620. The summed E-state index contributed by atoms with van der Waals surface area (Å²) in [7, 11) is 1.48. The SMILES string of the molecule is O=S(=O)(Cl)c1cnn(Cc2ccc(Cl)cc2)c1. The van der Waals surface area contributed by atoms with Gasteiger partial charge in [-0.25, -0.2) is 8.42 Å². The zero-order chi connectivity index (χ0) is 12.5. The molecule has 0 atom stereocenters. The largest absolute Gasteiger partial charge is 0.267 e. The standard InChI is InChI=1S/C10H8Cl2N2O2S/c11-9-3-1-8(2-4-9)6-14-7-10(5-13-14)17(12,15)16/h1-5,7H,6H2. The van der Waals surface area contributed by atoms with Gasteiger partial charge in [-0.1, -0.05) is 23.7 Å². The summed E-state index contributed by atoms with van der Waals surface area (Å²) in [4.78, 5) is -0.00636. The lowest BCUT2D eigenvalue weighted by atomic mass is 10.2. The maximum atomic E-state index is 11.0. The molecular weight excluding hydrogens is 283 g/mol. The smallest absolute Gasteiger partial charge is 0.264 e. The van der Waals surface area contributed by atoms with E-state index in [1.807, 2.05) is 12.1 Å². The van der Waals surface area contributed by atoms with Crippen molar-refractivity contribution in [2.45, 2.75) is 11.4 Å². The minimum absolute atomic E-state index is 0.00636. The van der Waals surface area contributed by atoms with Crippen molar-refractivity contribution in [1.29, 1.82) is 0 Å². The summed E-state index contributed by atoms with van der Waals surface area (Å²) in [5.41, 5.74) is 0.969. The van der Waals surface area contributed by atoms with Gasteiger partial charge in [0, 0.05) is 21.9 Å². The fourth-order valence-electron chi connectivity index (χ4n) is 1.33. The van der Waals surface area contributed by atoms with E-state index in [0.29, 0.717) is 11.6 Å². The van der Waals surface area contributed by atoms with Crippen molar-refractivity contribution in [3.05, 3.63) is 47.2 Å². The molecule has 90 valence electrons. The van der Waals surface area contributed by atoms with Crippen LogP contribution in [0.5, 0.6) is 0 Å². The van der Waals surface area contributed by atoms with E-state index in [-0.39, 0.29) is 4.90 Å². The summed E-state index contributed by atoms with van der Waals surface area (Å²) in [6.45, 7) is 0.462. The Morgan fingerprint density at radius 3 is 2.41 bits per heavy atom. The van der Waals surface area contributed by atoms with Gasteiger partial charge in [0.15, 0.2) is 0 Å². The first-order valence-corrected chi connectivity index (χ1v) is 7.35. The molecule has 0 saturated carbocycles. The van der Waals surface area contributed by atoms with E-state index < -0.39 is 9.05 Å². The van der Waals surface area contributed by atoms with E-state index in [0.717, 1.165) is 5.56 Å². The number of aromatic nitrogens is 2. The van der Waals surface area contributed by atoms with Crippen LogP contribution in [-0.4, -0.2) is 18.2 Å². The molecule has 2 aromatic rings. The molecule has 1 heterocycles. The van der Waals surface area contributed by atoms with E-state index in [2.05, 4.69) is 5.10 Å². The third-order valence-corrected chi connectivity index (χ3v) is 3.71. The fourth-order valence-corrected chi connectivity index (χ4v) is 2.12. The highest BCUT2D eigenvalue weighted by Gasteiger charge is 2.12. The summed E-state index contributed by atoms with van der Waals surface area (Å²) < 4.78 is 23.6. The van der Waals surface area contributed by atoms with Crippen molar-refractivity contribution in [2.24, 2.45) is 0 Å². The molecule has 0 amide bonds. The second-order valence-corrected chi connectivity index (χ2v) is 6.44. The number of hydrogen-bond donors (Lipinski definition) is 0. The van der Waals surface area contributed by atoms with Gasteiger partial charge < -0.3 is 0 Å². The second kappa shape index (κ2) is 4.68. The molecule has 0 fully saturated rings. The number of nitrogens with zero attached hydrogens (tertiary/aromatic N) is 2. The van der Waals surface area contributed by atoms with Gasteiger partial charge in [0.1, 0.15) is 4.90 Å². The first kappa shape index (κ1) is 12.4. The number of rotatable bonds is 3. The van der Waals surface area contributed by atoms with Gasteiger partial charge in [-0.15, -0.1) is 0 Å². The Hall–Kier alpha value is -1.04. The van der Waals surface area contributed by atoms with Gasteiger partial charge in [0.05, 0.1) is 12.7 Å². The van der Waals surface area contributed by atoms with E-state index in [4.69, 9.17) is 22.3 Å². The van der Waals surface area contributed by atoms with Crippen LogP contribution in [-0.2, 0) is 15.6 Å². The zero-order valence-electron chi connectivity index (χ0n) is 8.55. The predicted octanol–water partition coefficient (Wildman–Crippen LogP) is 2.51. The van der Waals surface area contributed by atoms with Crippen molar-refractivity contribution < 1.29 is 8.42 Å². The highest BCUT2D eigenvalue weighted by molar-refractivity contribution is 8.13. The lowest BCUT2D eigenvalue weighted by Gasteiger charge is -2.01. The third kappa shape index (κ3) is 3.21. The van der Waals surface area contributed by atoms with E-state index in [1.54, 1.807) is 12.1 Å². The molecule has 0 aliphatic carbocycles. The molecule has 0 saturated heterocycles. The molecule has 0 unspecified atom stereocenters. The van der Waals surface area contributed by atoms with Crippen LogP contribution in [0.4, 0.5) is 0 Å². The Morgan fingerprint density at radius 2 is 1.88 bits per heavy atom. The van der Waals surface area contributed by atoms with Gasteiger partial charge in [-0.2, -0.15) is 5.10 Å². The zero-order valence-corrected chi connectivity index (χ0v) is 10.9. The lowest BCUT2D eigenvalue weighted by Crippen LogP contribution is -1.99. The summed E-state index contributed by atoms with van der Waals surface area (Å²) >= 11 is 5.76. The average molecular weight is 291 g/mol. The Kier molecular flexibility index (Phi) is 3.42. The molecule has 0 aliphatic rings. The fraction of sp³-hybridized carbons (Fsp3) is 0.100. The molecule has 0 N–H and O–H groups in total. The van der Waals surface area contributed by atoms with Gasteiger partial charge in [-0.05, 0) is 17.7 Å². The van der Waals surface area contributed by atoms with E-state index >= 15 is 0 Å². The van der Waals surface area contributed by atoms with Crippen molar-refractivity contribution in [1.82, 2.24) is 9.78 Å². The maximum absolute atomic E-state index is 11.0. The van der Waals surface area contributed by atoms with Crippen LogP contribution < -0.4 is 0 Å². The highest BCUT2D eigenvalue weighted by atomic mass is 35.7. The van der Waals surface area contributed by atoms with E-state index in [9.17, 15) is 8.42 Å². The molecule has 0 bridgehead atoms. The van der Waals surface area contributed by atoms with Crippen LogP contribution in [0.2, 0.25) is 5.02 Å². The molecule has 17 heavy (non-hydrogen) atoms. The average Bonchev–Trinajstić information content (AvgIpc) is 2.69. The molecule has 2 rings (SSSR count). The van der Waals surface area contributed by atoms with Crippen molar-refractivity contribution in [2.75, 3.05) is 0 Å². The van der Waals surface area contributed by atoms with Crippen LogP contribution >= 0.6 is 22.3 Å². The Balaban J connectivity index is 2.20. The molecule has 0 spiro atoms. The number of halogens is 2. The summed E-state index contributed by atoms with van der Waals surface area (Å²) in [5.74, 6) is 0. The minimum Gasteiger partial charge on any atom is -0.267 e. The molecule has 1 aromatic carbocycles. The molecule has 1 aromatic heterocycles. The first-order valence-electron chi connectivity index (χ1n) is 4.67. The lowest BCUT2D eigenvalue weighted by molar-refractivity contribution is 0.609. The first-order chi connectivity index (χ1) is 7.95. The monoisotopic (exact) mass is 290 g/mol. The van der Waals surface area contributed by atoms with Gasteiger partial charge in [0.2, 0.25) is 0 Å². The normalized spacial score (nSPS) is 11.6. The third-order valence-electron chi connectivity index (χ3n) is 2.15. The maximum Gasteiger partial charge on any atom is 0.264 e. The predicted molar refractivity (Wildman–Crippen MR) is 65.8 cm³/mol. The van der Waals surface area contributed by atoms with Crippen molar-refractivity contribution in [3.8, 4) is 0 Å². The number of hydrogen-bond acceptors (Lipinski definition) is 3. The summed E-state index contributed by atoms with van der Waals surface area (Å²) in [6.07, 6.45) is 2.61. The van der Waals surface area contributed by atoms with Gasteiger partial charge >= 0.3 is 0 Å². The topological polar surface area (TPSA) is 52.0 Å². The minimum atomic E-state index is -3.71. The summed E-state index contributed by atoms with van der Waals surface area (Å²) in [6, 6.07) is 7.22. The highest BCUT2D eigenvalue weighted by Crippen LogP contribution is 2.15. The molecule has 0 aliphatic heterocycles. The van der Waals surface area contributed by atoms with Gasteiger partial charge in [0.25, 0.3) is 9.05 Å². The van der Waals surface area contributed by atoms with E-state index in [1.165, 1.54) is 17.1 Å². The molecule has 0 radical (unpaired) electrons. The van der Waals surface area contributed by atoms with Crippen LogP contribution in [0, 0.1) is 0 Å². The van der Waals surface area contributed by atoms with Crippen LogP contribution in [0.1, 0.15) is 5.56 Å². The van der Waals surface area contributed by atoms with Crippen LogP contribution in [0.25, 0.3) is 0 Å². The molecule has 4 nitrogen and oxygen atoms in total. The number of benzene rings is 1. The quantitative estimate of drug-likeness (QED) is 0.816. The molecular formula is C10H8Cl2N2O2S. The van der Waals surface area contributed by atoms with Crippen LogP contribution in [0.3, 0.4) is 0 Å². The second-order valence-electron chi connectivity index (χ2n) is 3.44. The Labute approximate surface area is 108 Å². The Morgan fingerprint density at radius 1 is 1.24 bits per heavy atom. The summed E-state index contributed by atoms with van der Waals surface area (Å²) in [5, 5.41) is 4.57. The van der Waals surface area contributed by atoms with Crippen molar-refractivity contribution in [3.63, 3.8) is 0 Å². The molecule has 7 heteroatoms. The van der Waals surface area contributed by atoms with Gasteiger partial charge in [-0.3, -0.25) is 4.68 Å². The van der Waals surface area contributed by atoms with Crippen molar-refractivity contribution >= 4 is 31.3 Å².